The minimum Gasteiger partial charge on any atom is -0.507 e. The van der Waals surface area contributed by atoms with Crippen LogP contribution < -0.4 is 0 Å². The van der Waals surface area contributed by atoms with Gasteiger partial charge in [-0.2, -0.15) is 8.42 Å². The number of azo groups is 1. The first-order valence-corrected chi connectivity index (χ1v) is 7.81. The van der Waals surface area contributed by atoms with Crippen molar-refractivity contribution < 1.29 is 18.1 Å². The molecule has 8 nitrogen and oxygen atoms in total. The van der Waals surface area contributed by atoms with E-state index in [-0.39, 0.29) is 16.7 Å². The van der Waals surface area contributed by atoms with Gasteiger partial charge in [-0.1, -0.05) is 6.07 Å². The van der Waals surface area contributed by atoms with E-state index in [2.05, 4.69) is 20.2 Å². The smallest absolute Gasteiger partial charge is 0.296 e. The van der Waals surface area contributed by atoms with Gasteiger partial charge in [0, 0.05) is 17.8 Å². The number of fused-ring (bicyclic) bond motifs is 1. The Balaban J connectivity index is 2.12. The van der Waals surface area contributed by atoms with Gasteiger partial charge in [0.2, 0.25) is 0 Å². The summed E-state index contributed by atoms with van der Waals surface area (Å²) in [5.74, 6) is 0.207. The van der Waals surface area contributed by atoms with Crippen molar-refractivity contribution in [3.05, 3.63) is 48.8 Å². The Morgan fingerprint density at radius 2 is 1.87 bits per heavy atom. The highest BCUT2D eigenvalue weighted by Gasteiger charge is 2.14. The largest absolute Gasteiger partial charge is 0.507 e. The van der Waals surface area contributed by atoms with Crippen molar-refractivity contribution in [3.8, 4) is 5.75 Å². The number of phenols is 1. The number of rotatable bonds is 3. The molecule has 0 atom stereocenters. The summed E-state index contributed by atoms with van der Waals surface area (Å²) in [6.45, 7) is 0. The first-order valence-electron chi connectivity index (χ1n) is 6.37. The van der Waals surface area contributed by atoms with Gasteiger partial charge in [0.05, 0.1) is 0 Å². The molecule has 23 heavy (non-hydrogen) atoms. The number of phenolic OH excluding ortho intramolecular Hbond substituents is 1. The number of aromatic hydroxyl groups is 1. The van der Waals surface area contributed by atoms with Gasteiger partial charge >= 0.3 is 0 Å². The quantitative estimate of drug-likeness (QED) is 0.561. The Bertz CT molecular complexity index is 1000. The summed E-state index contributed by atoms with van der Waals surface area (Å²) in [6.07, 6.45) is 2.55. The number of pyridine rings is 2. The molecular weight excluding hydrogens is 320 g/mol. The van der Waals surface area contributed by atoms with E-state index in [4.69, 9.17) is 4.55 Å². The first kappa shape index (κ1) is 15.0. The zero-order chi connectivity index (χ0) is 16.4. The Morgan fingerprint density at radius 3 is 2.57 bits per heavy atom. The van der Waals surface area contributed by atoms with Crippen LogP contribution in [0, 0.1) is 0 Å². The summed E-state index contributed by atoms with van der Waals surface area (Å²) in [4.78, 5) is 7.53. The van der Waals surface area contributed by atoms with E-state index in [1.807, 2.05) is 0 Å². The van der Waals surface area contributed by atoms with Crippen LogP contribution in [-0.2, 0) is 10.1 Å². The fourth-order valence-electron chi connectivity index (χ4n) is 1.91. The van der Waals surface area contributed by atoms with Gasteiger partial charge in [0.1, 0.15) is 21.8 Å². The second kappa shape index (κ2) is 5.71. The van der Waals surface area contributed by atoms with E-state index in [1.165, 1.54) is 12.1 Å². The van der Waals surface area contributed by atoms with Crippen LogP contribution in [-0.4, -0.2) is 28.0 Å². The Kier molecular flexibility index (Phi) is 3.72. The maximum atomic E-state index is 11.2. The third kappa shape index (κ3) is 3.15. The van der Waals surface area contributed by atoms with Crippen molar-refractivity contribution >= 4 is 32.5 Å². The van der Waals surface area contributed by atoms with Crippen LogP contribution in [0.4, 0.5) is 11.5 Å². The summed E-state index contributed by atoms with van der Waals surface area (Å²) in [5, 5.41) is 18.0. The van der Waals surface area contributed by atoms with E-state index in [0.29, 0.717) is 11.5 Å². The van der Waals surface area contributed by atoms with E-state index < -0.39 is 15.0 Å². The van der Waals surface area contributed by atoms with Gasteiger partial charge in [0.25, 0.3) is 10.1 Å². The molecule has 0 aliphatic carbocycles. The lowest BCUT2D eigenvalue weighted by Gasteiger charge is -2.04. The van der Waals surface area contributed by atoms with Gasteiger partial charge in [0.15, 0.2) is 5.82 Å². The molecular formula is C14H10N4O4S. The molecule has 0 amide bonds. The SMILES string of the molecule is O=S(=O)(O)c1cnc2c(N=Nc3ccccn3)ccc(O)c2c1. The lowest BCUT2D eigenvalue weighted by Crippen LogP contribution is -1.98. The monoisotopic (exact) mass is 330 g/mol. The average molecular weight is 330 g/mol. The van der Waals surface area contributed by atoms with Gasteiger partial charge in [-0.15, -0.1) is 10.2 Å². The molecule has 0 radical (unpaired) electrons. The molecule has 9 heteroatoms. The maximum Gasteiger partial charge on any atom is 0.296 e. The lowest BCUT2D eigenvalue weighted by molar-refractivity contribution is 0.480. The molecule has 2 N–H and O–H groups in total. The Morgan fingerprint density at radius 1 is 1.04 bits per heavy atom. The van der Waals surface area contributed by atoms with Crippen molar-refractivity contribution in [1.82, 2.24) is 9.97 Å². The van der Waals surface area contributed by atoms with Crippen LogP contribution in [0.5, 0.6) is 5.75 Å². The average Bonchev–Trinajstić information content (AvgIpc) is 2.54. The van der Waals surface area contributed by atoms with E-state index >= 15 is 0 Å². The molecule has 0 aliphatic rings. The molecule has 0 fully saturated rings. The second-order valence-electron chi connectivity index (χ2n) is 4.53. The number of hydrogen-bond donors (Lipinski definition) is 2. The fraction of sp³-hybridized carbons (Fsp3) is 0. The molecule has 3 aromatic rings. The fourth-order valence-corrected chi connectivity index (χ4v) is 2.36. The number of nitrogens with zero attached hydrogens (tertiary/aromatic N) is 4. The summed E-state index contributed by atoms with van der Waals surface area (Å²) in [6, 6.07) is 9.11. The number of aromatic nitrogens is 2. The Hall–Kier alpha value is -2.91. The molecule has 0 unspecified atom stereocenters. The minimum atomic E-state index is -4.42. The van der Waals surface area contributed by atoms with Gasteiger partial charge in [-0.25, -0.2) is 4.98 Å². The highest BCUT2D eigenvalue weighted by atomic mass is 32.2. The second-order valence-corrected chi connectivity index (χ2v) is 5.96. The predicted molar refractivity (Wildman–Crippen MR) is 81.6 cm³/mol. The molecule has 0 spiro atoms. The van der Waals surface area contributed by atoms with Crippen molar-refractivity contribution in [3.63, 3.8) is 0 Å². The van der Waals surface area contributed by atoms with Gasteiger partial charge in [-0.05, 0) is 30.3 Å². The van der Waals surface area contributed by atoms with E-state index in [9.17, 15) is 13.5 Å². The van der Waals surface area contributed by atoms with Crippen LogP contribution in [0.25, 0.3) is 10.9 Å². The zero-order valence-corrected chi connectivity index (χ0v) is 12.3. The predicted octanol–water partition coefficient (Wildman–Crippen LogP) is 3.00. The normalized spacial score (nSPS) is 12.0. The number of benzene rings is 1. The first-order chi connectivity index (χ1) is 10.9. The lowest BCUT2D eigenvalue weighted by atomic mass is 10.2. The zero-order valence-electron chi connectivity index (χ0n) is 11.5. The molecule has 0 aliphatic heterocycles. The highest BCUT2D eigenvalue weighted by Crippen LogP contribution is 2.33. The summed E-state index contributed by atoms with van der Waals surface area (Å²) in [7, 11) is -4.42. The third-order valence-electron chi connectivity index (χ3n) is 2.99. The molecule has 0 saturated carbocycles. The summed E-state index contributed by atoms with van der Waals surface area (Å²) >= 11 is 0. The van der Waals surface area contributed by atoms with Crippen molar-refractivity contribution in [1.29, 1.82) is 0 Å². The number of hydrogen-bond acceptors (Lipinski definition) is 7. The van der Waals surface area contributed by atoms with Crippen molar-refractivity contribution in [2.75, 3.05) is 0 Å². The topological polar surface area (TPSA) is 125 Å². The van der Waals surface area contributed by atoms with E-state index in [1.54, 1.807) is 24.4 Å². The third-order valence-corrected chi connectivity index (χ3v) is 3.81. The molecule has 0 bridgehead atoms. The molecule has 2 heterocycles. The van der Waals surface area contributed by atoms with Crippen LogP contribution in [0.3, 0.4) is 0 Å². The van der Waals surface area contributed by atoms with Crippen LogP contribution in [0.2, 0.25) is 0 Å². The standard InChI is InChI=1S/C14H10N4O4S/c19-12-5-4-11(17-18-13-3-1-2-6-15-13)14-10(12)7-9(8-16-14)23(20,21)22/h1-8,19H,(H,20,21,22). The van der Waals surface area contributed by atoms with Crippen molar-refractivity contribution in [2.24, 2.45) is 10.2 Å². The molecule has 3 rings (SSSR count). The molecule has 1 aromatic carbocycles. The summed E-state index contributed by atoms with van der Waals surface area (Å²) < 4.78 is 31.4. The van der Waals surface area contributed by atoms with Crippen LogP contribution in [0.15, 0.2) is 63.9 Å². The Labute approximate surface area is 130 Å². The van der Waals surface area contributed by atoms with Gasteiger partial charge < -0.3 is 5.11 Å². The van der Waals surface area contributed by atoms with Gasteiger partial charge in [-0.3, -0.25) is 9.54 Å². The van der Waals surface area contributed by atoms with Crippen LogP contribution in [0.1, 0.15) is 0 Å². The minimum absolute atomic E-state index is 0.137. The van der Waals surface area contributed by atoms with Crippen molar-refractivity contribution in [2.45, 2.75) is 4.90 Å². The molecule has 116 valence electrons. The summed E-state index contributed by atoms with van der Waals surface area (Å²) in [5.41, 5.74) is 0.572. The molecule has 2 aromatic heterocycles. The molecule has 0 saturated heterocycles. The van der Waals surface area contributed by atoms with E-state index in [0.717, 1.165) is 12.3 Å². The highest BCUT2D eigenvalue weighted by molar-refractivity contribution is 7.85. The maximum absolute atomic E-state index is 11.2. The van der Waals surface area contributed by atoms with Crippen LogP contribution >= 0.6 is 0 Å².